The van der Waals surface area contributed by atoms with Crippen molar-refractivity contribution in [2.45, 2.75) is 19.5 Å². The maximum absolute atomic E-state index is 12.4. The third-order valence-corrected chi connectivity index (χ3v) is 4.14. The molecule has 7 heteroatoms. The minimum atomic E-state index is -0.315. The van der Waals surface area contributed by atoms with E-state index in [-0.39, 0.29) is 18.7 Å². The molecule has 1 aliphatic rings. The average molecular weight is 381 g/mol. The number of furan rings is 1. The van der Waals surface area contributed by atoms with Crippen molar-refractivity contribution in [1.29, 1.82) is 0 Å². The average Bonchev–Trinajstić information content (AvgIpc) is 3.14. The first kappa shape index (κ1) is 15.9. The van der Waals surface area contributed by atoms with Gasteiger partial charge in [0.25, 0.3) is 0 Å². The number of nitrogens with zero attached hydrogens (tertiary/aromatic N) is 1. The largest absolute Gasteiger partial charge is 0.454 e. The van der Waals surface area contributed by atoms with Crippen molar-refractivity contribution in [1.82, 2.24) is 4.90 Å². The molecule has 0 bridgehead atoms. The molecule has 1 unspecified atom stereocenters. The van der Waals surface area contributed by atoms with Crippen LogP contribution < -0.4 is 14.8 Å². The summed E-state index contributed by atoms with van der Waals surface area (Å²) in [5, 5.41) is 2.89. The Bertz CT molecular complexity index is 716. The van der Waals surface area contributed by atoms with E-state index in [4.69, 9.17) is 13.9 Å². The zero-order chi connectivity index (χ0) is 16.4. The van der Waals surface area contributed by atoms with Crippen molar-refractivity contribution in [3.8, 4) is 11.5 Å². The Labute approximate surface area is 142 Å². The van der Waals surface area contributed by atoms with Crippen LogP contribution in [0.25, 0.3) is 0 Å². The lowest BCUT2D eigenvalue weighted by molar-refractivity contribution is -0.120. The SMILES string of the molecule is CC(C(=O)Nc1ccc2c(c1)OCO2)N(C)Cc1ccc(Br)o1. The van der Waals surface area contributed by atoms with Crippen LogP contribution in [0.5, 0.6) is 11.5 Å². The molecule has 0 fully saturated rings. The molecule has 1 aromatic heterocycles. The summed E-state index contributed by atoms with van der Waals surface area (Å²) in [6.45, 7) is 2.60. The molecule has 1 aromatic carbocycles. The second kappa shape index (κ2) is 6.64. The predicted molar refractivity (Wildman–Crippen MR) is 88.5 cm³/mol. The van der Waals surface area contributed by atoms with Gasteiger partial charge in [-0.25, -0.2) is 0 Å². The van der Waals surface area contributed by atoms with Gasteiger partial charge in [-0.3, -0.25) is 9.69 Å². The van der Waals surface area contributed by atoms with Crippen molar-refractivity contribution in [2.75, 3.05) is 19.2 Å². The number of anilines is 1. The van der Waals surface area contributed by atoms with Crippen LogP contribution >= 0.6 is 15.9 Å². The molecular weight excluding hydrogens is 364 g/mol. The maximum atomic E-state index is 12.4. The van der Waals surface area contributed by atoms with Gasteiger partial charge in [0.1, 0.15) is 5.76 Å². The van der Waals surface area contributed by atoms with Crippen molar-refractivity contribution < 1.29 is 18.7 Å². The number of carbonyl (C=O) groups is 1. The summed E-state index contributed by atoms with van der Waals surface area (Å²) in [6.07, 6.45) is 0. The van der Waals surface area contributed by atoms with Crippen LogP contribution in [0.2, 0.25) is 0 Å². The Balaban J connectivity index is 1.60. The first-order valence-corrected chi connectivity index (χ1v) is 7.97. The zero-order valence-electron chi connectivity index (χ0n) is 12.8. The molecule has 2 aromatic rings. The molecule has 122 valence electrons. The van der Waals surface area contributed by atoms with Crippen LogP contribution in [0.4, 0.5) is 5.69 Å². The third-order valence-electron chi connectivity index (χ3n) is 3.71. The van der Waals surface area contributed by atoms with Crippen molar-refractivity contribution in [3.63, 3.8) is 0 Å². The van der Waals surface area contributed by atoms with Crippen LogP contribution in [0.15, 0.2) is 39.4 Å². The van der Waals surface area contributed by atoms with Gasteiger partial charge in [0, 0.05) is 11.8 Å². The number of rotatable bonds is 5. The van der Waals surface area contributed by atoms with E-state index in [9.17, 15) is 4.79 Å². The third kappa shape index (κ3) is 3.68. The summed E-state index contributed by atoms with van der Waals surface area (Å²) >= 11 is 3.27. The van der Waals surface area contributed by atoms with Gasteiger partial charge >= 0.3 is 0 Å². The van der Waals surface area contributed by atoms with Gasteiger partial charge in [-0.05, 0) is 54.2 Å². The number of amides is 1. The Morgan fingerprint density at radius 1 is 1.30 bits per heavy atom. The van der Waals surface area contributed by atoms with E-state index in [2.05, 4.69) is 21.2 Å². The highest BCUT2D eigenvalue weighted by Gasteiger charge is 2.20. The second-order valence-corrected chi connectivity index (χ2v) is 6.14. The topological polar surface area (TPSA) is 63.9 Å². The quantitative estimate of drug-likeness (QED) is 0.862. The van der Waals surface area contributed by atoms with Gasteiger partial charge in [0.15, 0.2) is 16.2 Å². The number of nitrogens with one attached hydrogen (secondary N) is 1. The van der Waals surface area contributed by atoms with Crippen LogP contribution in [0, 0.1) is 0 Å². The first-order valence-electron chi connectivity index (χ1n) is 7.18. The number of fused-ring (bicyclic) bond motifs is 1. The fraction of sp³-hybridized carbons (Fsp3) is 0.312. The van der Waals surface area contributed by atoms with Gasteiger partial charge < -0.3 is 19.2 Å². The number of benzene rings is 1. The highest BCUT2D eigenvalue weighted by atomic mass is 79.9. The van der Waals surface area contributed by atoms with E-state index >= 15 is 0 Å². The van der Waals surface area contributed by atoms with E-state index in [0.717, 1.165) is 5.76 Å². The number of ether oxygens (including phenoxy) is 2. The molecule has 0 saturated heterocycles. The van der Waals surface area contributed by atoms with Crippen LogP contribution in [-0.2, 0) is 11.3 Å². The molecule has 23 heavy (non-hydrogen) atoms. The number of hydrogen-bond donors (Lipinski definition) is 1. The number of carbonyl (C=O) groups excluding carboxylic acids is 1. The molecule has 0 aliphatic carbocycles. The lowest BCUT2D eigenvalue weighted by Gasteiger charge is -2.22. The molecule has 1 amide bonds. The molecule has 3 rings (SSSR count). The Morgan fingerprint density at radius 3 is 2.83 bits per heavy atom. The van der Waals surface area contributed by atoms with E-state index in [1.165, 1.54) is 0 Å². The molecule has 1 aliphatic heterocycles. The Kier molecular flexibility index (Phi) is 4.58. The lowest BCUT2D eigenvalue weighted by atomic mass is 10.2. The molecule has 0 radical (unpaired) electrons. The van der Waals surface area contributed by atoms with Crippen LogP contribution in [0.1, 0.15) is 12.7 Å². The molecule has 0 saturated carbocycles. The number of likely N-dealkylation sites (N-methyl/N-ethyl adjacent to an activating group) is 1. The standard InChI is InChI=1S/C16H17BrN2O4/c1-10(19(2)8-12-4-6-15(17)23-12)16(20)18-11-3-5-13-14(7-11)22-9-21-13/h3-7,10H,8-9H2,1-2H3,(H,18,20). The fourth-order valence-electron chi connectivity index (χ4n) is 2.24. The fourth-order valence-corrected chi connectivity index (χ4v) is 2.58. The molecular formula is C16H17BrN2O4. The predicted octanol–water partition coefficient (Wildman–Crippen LogP) is 3.23. The minimum Gasteiger partial charge on any atom is -0.454 e. The van der Waals surface area contributed by atoms with E-state index < -0.39 is 0 Å². The summed E-state index contributed by atoms with van der Waals surface area (Å²) in [7, 11) is 1.88. The minimum absolute atomic E-state index is 0.100. The molecule has 6 nitrogen and oxygen atoms in total. The zero-order valence-corrected chi connectivity index (χ0v) is 14.4. The van der Waals surface area contributed by atoms with Crippen LogP contribution in [0.3, 0.4) is 0 Å². The summed E-state index contributed by atoms with van der Waals surface area (Å²) < 4.78 is 16.7. The van der Waals surface area contributed by atoms with Crippen molar-refractivity contribution >= 4 is 27.5 Å². The lowest BCUT2D eigenvalue weighted by Crippen LogP contribution is -2.39. The van der Waals surface area contributed by atoms with E-state index in [1.54, 1.807) is 18.2 Å². The van der Waals surface area contributed by atoms with E-state index in [0.29, 0.717) is 28.4 Å². The number of halogens is 1. The van der Waals surface area contributed by atoms with Gasteiger partial charge in [0.05, 0.1) is 12.6 Å². The smallest absolute Gasteiger partial charge is 0.241 e. The van der Waals surface area contributed by atoms with Gasteiger partial charge in [0.2, 0.25) is 12.7 Å². The highest BCUT2D eigenvalue weighted by Crippen LogP contribution is 2.34. The molecule has 1 N–H and O–H groups in total. The monoisotopic (exact) mass is 380 g/mol. The summed E-state index contributed by atoms with van der Waals surface area (Å²) in [6, 6.07) is 8.73. The normalized spacial score (nSPS) is 14.1. The van der Waals surface area contributed by atoms with Gasteiger partial charge in [-0.1, -0.05) is 0 Å². The number of hydrogen-bond acceptors (Lipinski definition) is 5. The van der Waals surface area contributed by atoms with Crippen molar-refractivity contribution in [2.24, 2.45) is 0 Å². The van der Waals surface area contributed by atoms with Gasteiger partial charge in [-0.2, -0.15) is 0 Å². The summed E-state index contributed by atoms with van der Waals surface area (Å²) in [5.74, 6) is 2.03. The van der Waals surface area contributed by atoms with Gasteiger partial charge in [-0.15, -0.1) is 0 Å². The Morgan fingerprint density at radius 2 is 2.09 bits per heavy atom. The molecule has 1 atom stereocenters. The Hall–Kier alpha value is -1.99. The first-order chi connectivity index (χ1) is 11.0. The van der Waals surface area contributed by atoms with Crippen molar-refractivity contribution in [3.05, 3.63) is 40.8 Å². The maximum Gasteiger partial charge on any atom is 0.241 e. The highest BCUT2D eigenvalue weighted by molar-refractivity contribution is 9.10. The second-order valence-electron chi connectivity index (χ2n) is 5.35. The summed E-state index contributed by atoms with van der Waals surface area (Å²) in [5.41, 5.74) is 0.681. The molecule has 0 spiro atoms. The summed E-state index contributed by atoms with van der Waals surface area (Å²) in [4.78, 5) is 14.3. The van der Waals surface area contributed by atoms with Crippen LogP contribution in [-0.4, -0.2) is 30.7 Å². The molecule has 2 heterocycles. The van der Waals surface area contributed by atoms with E-state index in [1.807, 2.05) is 31.0 Å².